The summed E-state index contributed by atoms with van der Waals surface area (Å²) in [6.07, 6.45) is 0. The van der Waals surface area contributed by atoms with Gasteiger partial charge in [0.15, 0.2) is 0 Å². The lowest BCUT2D eigenvalue weighted by atomic mass is 10.0. The molecule has 1 nitrogen and oxygen atoms in total. The van der Waals surface area contributed by atoms with E-state index in [2.05, 4.69) is 63.0 Å². The van der Waals surface area contributed by atoms with Gasteiger partial charge in [-0.15, -0.1) is 11.3 Å². The molecule has 1 heterocycles. The van der Waals surface area contributed by atoms with Crippen molar-refractivity contribution in [3.05, 3.63) is 54.6 Å². The molecule has 1 atom stereocenters. The molecule has 0 aliphatic carbocycles. The maximum atomic E-state index is 6.26. The van der Waals surface area contributed by atoms with E-state index in [4.69, 9.17) is 5.73 Å². The SMILES string of the molecule is Cc1cccc(C(N)c2cc(Br)sc2Br)c1. The molecule has 0 fully saturated rings. The highest BCUT2D eigenvalue weighted by atomic mass is 79.9. The van der Waals surface area contributed by atoms with Gasteiger partial charge in [-0.25, -0.2) is 0 Å². The van der Waals surface area contributed by atoms with E-state index in [9.17, 15) is 0 Å². The third-order valence-corrected chi connectivity index (χ3v) is 4.81. The lowest BCUT2D eigenvalue weighted by Gasteiger charge is -2.11. The van der Waals surface area contributed by atoms with E-state index in [0.29, 0.717) is 0 Å². The highest BCUT2D eigenvalue weighted by Gasteiger charge is 2.15. The molecule has 0 saturated carbocycles. The van der Waals surface area contributed by atoms with Crippen molar-refractivity contribution in [2.24, 2.45) is 5.73 Å². The molecule has 4 heteroatoms. The van der Waals surface area contributed by atoms with Crippen LogP contribution in [0.3, 0.4) is 0 Å². The summed E-state index contributed by atoms with van der Waals surface area (Å²) in [6.45, 7) is 2.08. The van der Waals surface area contributed by atoms with Crippen LogP contribution in [-0.2, 0) is 0 Å². The zero-order valence-corrected chi connectivity index (χ0v) is 12.7. The van der Waals surface area contributed by atoms with E-state index in [-0.39, 0.29) is 6.04 Å². The second kappa shape index (κ2) is 5.00. The molecule has 2 aromatic rings. The Balaban J connectivity index is 2.38. The Morgan fingerprint density at radius 1 is 1.25 bits per heavy atom. The maximum absolute atomic E-state index is 6.26. The van der Waals surface area contributed by atoms with Crippen LogP contribution in [0.5, 0.6) is 0 Å². The number of rotatable bonds is 2. The molecule has 0 bridgehead atoms. The summed E-state index contributed by atoms with van der Waals surface area (Å²) in [6, 6.07) is 10.3. The summed E-state index contributed by atoms with van der Waals surface area (Å²) < 4.78 is 2.19. The fraction of sp³-hybridized carbons (Fsp3) is 0.167. The second-order valence-electron chi connectivity index (χ2n) is 3.67. The van der Waals surface area contributed by atoms with E-state index in [1.54, 1.807) is 11.3 Å². The predicted octanol–water partition coefficient (Wildman–Crippen LogP) is 4.63. The summed E-state index contributed by atoms with van der Waals surface area (Å²) in [5.41, 5.74) is 9.76. The number of thiophene rings is 1. The van der Waals surface area contributed by atoms with E-state index >= 15 is 0 Å². The standard InChI is InChI=1S/C12H11Br2NS/c1-7-3-2-4-8(5-7)11(15)9-6-10(13)16-12(9)14/h2-6,11H,15H2,1H3. The Hall–Kier alpha value is -0.160. The van der Waals surface area contributed by atoms with Crippen molar-refractivity contribution in [1.29, 1.82) is 0 Å². The van der Waals surface area contributed by atoms with Crippen LogP contribution >= 0.6 is 43.2 Å². The van der Waals surface area contributed by atoms with Crippen molar-refractivity contribution in [3.63, 3.8) is 0 Å². The van der Waals surface area contributed by atoms with Crippen LogP contribution in [0.4, 0.5) is 0 Å². The largest absolute Gasteiger partial charge is 0.320 e. The Kier molecular flexibility index (Phi) is 3.85. The number of halogens is 2. The fourth-order valence-electron chi connectivity index (χ4n) is 1.61. The van der Waals surface area contributed by atoms with Gasteiger partial charge in [-0.3, -0.25) is 0 Å². The van der Waals surface area contributed by atoms with Crippen LogP contribution in [0.1, 0.15) is 22.7 Å². The molecular weight excluding hydrogens is 350 g/mol. The number of hydrogen-bond acceptors (Lipinski definition) is 2. The number of nitrogens with two attached hydrogens (primary N) is 1. The average molecular weight is 361 g/mol. The van der Waals surface area contributed by atoms with Crippen molar-refractivity contribution in [1.82, 2.24) is 0 Å². The Bertz CT molecular complexity index is 507. The summed E-state index contributed by atoms with van der Waals surface area (Å²) in [5.74, 6) is 0. The lowest BCUT2D eigenvalue weighted by molar-refractivity contribution is 0.870. The lowest BCUT2D eigenvalue weighted by Crippen LogP contribution is -2.11. The summed E-state index contributed by atoms with van der Waals surface area (Å²) in [7, 11) is 0. The molecule has 0 saturated heterocycles. The van der Waals surface area contributed by atoms with Crippen molar-refractivity contribution in [3.8, 4) is 0 Å². The number of hydrogen-bond donors (Lipinski definition) is 1. The second-order valence-corrected chi connectivity index (χ2v) is 7.42. The minimum Gasteiger partial charge on any atom is -0.320 e. The van der Waals surface area contributed by atoms with Gasteiger partial charge in [0, 0.05) is 0 Å². The topological polar surface area (TPSA) is 26.0 Å². The van der Waals surface area contributed by atoms with Gasteiger partial charge >= 0.3 is 0 Å². The predicted molar refractivity (Wildman–Crippen MR) is 76.9 cm³/mol. The van der Waals surface area contributed by atoms with E-state index in [1.165, 1.54) is 5.56 Å². The minimum atomic E-state index is -0.0724. The highest BCUT2D eigenvalue weighted by molar-refractivity contribution is 9.12. The Labute approximate surface area is 116 Å². The Morgan fingerprint density at radius 3 is 2.56 bits per heavy atom. The van der Waals surface area contributed by atoms with Gasteiger partial charge in [0.05, 0.1) is 13.6 Å². The van der Waals surface area contributed by atoms with Crippen LogP contribution in [0, 0.1) is 6.92 Å². The fourth-order valence-corrected chi connectivity index (χ4v) is 4.54. The zero-order valence-electron chi connectivity index (χ0n) is 8.71. The molecule has 1 aromatic heterocycles. The molecular formula is C12H11Br2NS. The third kappa shape index (κ3) is 2.56. The first-order chi connectivity index (χ1) is 7.58. The number of benzene rings is 1. The number of aryl methyl sites for hydroxylation is 1. The van der Waals surface area contributed by atoms with E-state index in [0.717, 1.165) is 18.7 Å². The van der Waals surface area contributed by atoms with Crippen LogP contribution in [0.2, 0.25) is 0 Å². The molecule has 16 heavy (non-hydrogen) atoms. The van der Waals surface area contributed by atoms with Gasteiger partial charge in [-0.2, -0.15) is 0 Å². The van der Waals surface area contributed by atoms with Gasteiger partial charge in [0.2, 0.25) is 0 Å². The molecule has 1 aromatic carbocycles. The first-order valence-corrected chi connectivity index (χ1v) is 7.25. The van der Waals surface area contributed by atoms with Gasteiger partial charge in [0.1, 0.15) is 0 Å². The third-order valence-electron chi connectivity index (χ3n) is 2.42. The van der Waals surface area contributed by atoms with Gasteiger partial charge < -0.3 is 5.73 Å². The molecule has 0 amide bonds. The van der Waals surface area contributed by atoms with Gasteiger partial charge in [-0.05, 0) is 56.0 Å². The van der Waals surface area contributed by atoms with Crippen molar-refractivity contribution < 1.29 is 0 Å². The summed E-state index contributed by atoms with van der Waals surface area (Å²) >= 11 is 8.66. The summed E-state index contributed by atoms with van der Waals surface area (Å²) in [4.78, 5) is 0. The molecule has 0 aliphatic heterocycles. The van der Waals surface area contributed by atoms with Crippen LogP contribution < -0.4 is 5.73 Å². The average Bonchev–Trinajstić information content (AvgIpc) is 2.57. The molecule has 2 rings (SSSR count). The molecule has 1 unspecified atom stereocenters. The van der Waals surface area contributed by atoms with Gasteiger partial charge in [-0.1, -0.05) is 29.8 Å². The quantitative estimate of drug-likeness (QED) is 0.830. The normalized spacial score (nSPS) is 12.8. The smallest absolute Gasteiger partial charge is 0.0761 e. The van der Waals surface area contributed by atoms with Crippen LogP contribution in [0.25, 0.3) is 0 Å². The van der Waals surface area contributed by atoms with Crippen LogP contribution in [-0.4, -0.2) is 0 Å². The highest BCUT2D eigenvalue weighted by Crippen LogP contribution is 2.36. The van der Waals surface area contributed by atoms with Gasteiger partial charge in [0.25, 0.3) is 0 Å². The molecule has 84 valence electrons. The summed E-state index contributed by atoms with van der Waals surface area (Å²) in [5, 5.41) is 0. The van der Waals surface area contributed by atoms with Crippen molar-refractivity contribution >= 4 is 43.2 Å². The maximum Gasteiger partial charge on any atom is 0.0761 e. The van der Waals surface area contributed by atoms with Crippen molar-refractivity contribution in [2.75, 3.05) is 0 Å². The Morgan fingerprint density at radius 2 is 2.00 bits per heavy atom. The molecule has 2 N–H and O–H groups in total. The first-order valence-electron chi connectivity index (χ1n) is 4.85. The first kappa shape index (κ1) is 12.3. The molecule has 0 radical (unpaired) electrons. The van der Waals surface area contributed by atoms with E-state index in [1.807, 2.05) is 6.07 Å². The van der Waals surface area contributed by atoms with E-state index < -0.39 is 0 Å². The van der Waals surface area contributed by atoms with Crippen molar-refractivity contribution in [2.45, 2.75) is 13.0 Å². The molecule has 0 spiro atoms. The molecule has 0 aliphatic rings. The monoisotopic (exact) mass is 359 g/mol. The van der Waals surface area contributed by atoms with Crippen LogP contribution in [0.15, 0.2) is 37.9 Å². The minimum absolute atomic E-state index is 0.0724. The zero-order chi connectivity index (χ0) is 11.7.